The Morgan fingerprint density at radius 3 is 2.70 bits per heavy atom. The smallest absolute Gasteiger partial charge is 0.222 e. The molecule has 33 heavy (non-hydrogen) atoms. The van der Waals surface area contributed by atoms with Gasteiger partial charge in [0.15, 0.2) is 0 Å². The van der Waals surface area contributed by atoms with Gasteiger partial charge in [-0.25, -0.2) is 0 Å². The van der Waals surface area contributed by atoms with Gasteiger partial charge in [-0.1, -0.05) is 39.0 Å². The third-order valence-electron chi connectivity index (χ3n) is 6.28. The number of fused-ring (bicyclic) bond motifs is 1. The number of carbonyl (C=O) groups excluding carboxylic acids is 1. The molecule has 0 spiro atoms. The Balaban J connectivity index is 1.45. The number of nitrogens with one attached hydrogen (secondary N) is 1. The average Bonchev–Trinajstić information content (AvgIpc) is 3.26. The largest absolute Gasteiger partial charge is 0.457 e. The van der Waals surface area contributed by atoms with Crippen molar-refractivity contribution in [2.24, 2.45) is 5.41 Å². The maximum Gasteiger partial charge on any atom is 0.222 e. The van der Waals surface area contributed by atoms with E-state index in [4.69, 9.17) is 9.47 Å². The highest BCUT2D eigenvalue weighted by Gasteiger charge is 2.26. The second kappa shape index (κ2) is 10.0. The molecule has 2 aromatic carbocycles. The van der Waals surface area contributed by atoms with Crippen LogP contribution in [-0.4, -0.2) is 46.9 Å². The molecular weight excluding hydrogens is 414 g/mol. The van der Waals surface area contributed by atoms with E-state index in [-0.39, 0.29) is 23.5 Å². The molecule has 0 radical (unpaired) electrons. The standard InChI is InChI=1S/C27H37N3O3/c1-27(2,3)18-20(12-15-26(31)29(4)19-23-11-8-16-32-23)30-25-17-22(13-14-24(25)28-30)33-21-9-6-5-7-10-21/h5-7,9-10,13-14,17,20,23,28H,8,11-12,15-16,18-19H2,1-4H3/t20-,23-/m0/s1. The summed E-state index contributed by atoms with van der Waals surface area (Å²) >= 11 is 0. The fourth-order valence-electron chi connectivity index (χ4n) is 4.62. The molecule has 0 aliphatic carbocycles. The molecule has 1 N–H and O–H groups in total. The number of aromatic amines is 1. The van der Waals surface area contributed by atoms with Gasteiger partial charge in [-0.3, -0.25) is 14.6 Å². The minimum Gasteiger partial charge on any atom is -0.457 e. The van der Waals surface area contributed by atoms with Crippen molar-refractivity contribution >= 4 is 16.9 Å². The Morgan fingerprint density at radius 1 is 1.21 bits per heavy atom. The first-order chi connectivity index (χ1) is 15.8. The number of amides is 1. The predicted molar refractivity (Wildman–Crippen MR) is 132 cm³/mol. The molecule has 1 fully saturated rings. The Kier molecular flexibility index (Phi) is 7.13. The van der Waals surface area contributed by atoms with Crippen molar-refractivity contribution in [2.75, 3.05) is 20.2 Å². The van der Waals surface area contributed by atoms with Gasteiger partial charge in [0, 0.05) is 32.7 Å². The number of benzene rings is 2. The van der Waals surface area contributed by atoms with Crippen molar-refractivity contribution in [3.05, 3.63) is 48.5 Å². The first-order valence-electron chi connectivity index (χ1n) is 12.1. The molecular formula is C27H37N3O3. The number of likely N-dealkylation sites (N-methyl/N-ethyl adjacent to an activating group) is 1. The molecule has 1 aliphatic heterocycles. The van der Waals surface area contributed by atoms with Crippen molar-refractivity contribution in [3.63, 3.8) is 0 Å². The summed E-state index contributed by atoms with van der Waals surface area (Å²) in [5.41, 5.74) is 2.36. The van der Waals surface area contributed by atoms with E-state index >= 15 is 0 Å². The van der Waals surface area contributed by atoms with E-state index in [1.165, 1.54) is 0 Å². The number of nitrogens with zero attached hydrogens (tertiary/aromatic N) is 2. The monoisotopic (exact) mass is 451 g/mol. The zero-order valence-electron chi connectivity index (χ0n) is 20.3. The number of hydrogen-bond donors (Lipinski definition) is 1. The lowest BCUT2D eigenvalue weighted by Crippen LogP contribution is -2.34. The van der Waals surface area contributed by atoms with E-state index in [9.17, 15) is 4.79 Å². The van der Waals surface area contributed by atoms with Crippen LogP contribution >= 0.6 is 0 Å². The topological polar surface area (TPSA) is 59.5 Å². The highest BCUT2D eigenvalue weighted by Crippen LogP contribution is 2.35. The van der Waals surface area contributed by atoms with Gasteiger partial charge < -0.3 is 14.4 Å². The van der Waals surface area contributed by atoms with Gasteiger partial charge in [0.25, 0.3) is 0 Å². The maximum atomic E-state index is 12.8. The quantitative estimate of drug-likeness (QED) is 0.424. The molecule has 4 rings (SSSR count). The fourth-order valence-corrected chi connectivity index (χ4v) is 4.62. The van der Waals surface area contributed by atoms with Gasteiger partial charge in [0.05, 0.1) is 23.2 Å². The molecule has 2 atom stereocenters. The van der Waals surface area contributed by atoms with Crippen LogP contribution in [0.4, 0.5) is 0 Å². The van der Waals surface area contributed by atoms with Crippen LogP contribution in [-0.2, 0) is 9.53 Å². The molecule has 6 heteroatoms. The molecule has 0 unspecified atom stereocenters. The number of aromatic nitrogens is 2. The lowest BCUT2D eigenvalue weighted by molar-refractivity contribution is -0.131. The van der Waals surface area contributed by atoms with Crippen molar-refractivity contribution < 1.29 is 14.3 Å². The van der Waals surface area contributed by atoms with Crippen molar-refractivity contribution in [3.8, 4) is 11.5 Å². The summed E-state index contributed by atoms with van der Waals surface area (Å²) in [6, 6.07) is 16.2. The normalized spacial score (nSPS) is 17.4. The summed E-state index contributed by atoms with van der Waals surface area (Å²) in [5, 5.41) is 3.48. The number of H-pyrrole nitrogens is 1. The third kappa shape index (κ3) is 6.20. The fraction of sp³-hybridized carbons (Fsp3) is 0.519. The van der Waals surface area contributed by atoms with E-state index in [2.05, 4.69) is 42.7 Å². The first kappa shape index (κ1) is 23.4. The highest BCUT2D eigenvalue weighted by atomic mass is 16.5. The Bertz CT molecular complexity index is 1040. The highest BCUT2D eigenvalue weighted by molar-refractivity contribution is 5.79. The summed E-state index contributed by atoms with van der Waals surface area (Å²) in [6.07, 6.45) is 4.63. The third-order valence-corrected chi connectivity index (χ3v) is 6.28. The lowest BCUT2D eigenvalue weighted by atomic mass is 9.86. The minimum atomic E-state index is 0.146. The Labute approximate surface area is 196 Å². The van der Waals surface area contributed by atoms with Crippen LogP contribution in [0.15, 0.2) is 48.5 Å². The van der Waals surface area contributed by atoms with E-state index in [1.54, 1.807) is 0 Å². The summed E-state index contributed by atoms with van der Waals surface area (Å²) in [5.74, 6) is 1.82. The van der Waals surface area contributed by atoms with Gasteiger partial charge >= 0.3 is 0 Å². The lowest BCUT2D eigenvalue weighted by Gasteiger charge is -2.32. The van der Waals surface area contributed by atoms with Gasteiger partial charge in [0.2, 0.25) is 5.91 Å². The van der Waals surface area contributed by atoms with Crippen LogP contribution in [0.1, 0.15) is 58.9 Å². The predicted octanol–water partition coefficient (Wildman–Crippen LogP) is 6.16. The van der Waals surface area contributed by atoms with Gasteiger partial charge in [-0.05, 0) is 55.4 Å². The number of para-hydroxylation sites is 1. The van der Waals surface area contributed by atoms with Crippen LogP contribution in [0.25, 0.3) is 11.0 Å². The number of rotatable bonds is 9. The van der Waals surface area contributed by atoms with Crippen molar-refractivity contribution in [1.82, 2.24) is 14.7 Å². The number of ether oxygens (including phenoxy) is 2. The molecule has 1 aromatic heterocycles. The molecule has 0 bridgehead atoms. The molecule has 178 valence electrons. The molecule has 3 aromatic rings. The van der Waals surface area contributed by atoms with Gasteiger partial charge in [-0.15, -0.1) is 0 Å². The van der Waals surface area contributed by atoms with Crippen LogP contribution in [0.3, 0.4) is 0 Å². The minimum absolute atomic E-state index is 0.146. The van der Waals surface area contributed by atoms with Gasteiger partial charge in [0.1, 0.15) is 11.5 Å². The molecule has 6 nitrogen and oxygen atoms in total. The maximum absolute atomic E-state index is 12.8. The van der Waals surface area contributed by atoms with Crippen LogP contribution in [0.5, 0.6) is 11.5 Å². The summed E-state index contributed by atoms with van der Waals surface area (Å²) in [4.78, 5) is 14.7. The second-order valence-electron chi connectivity index (χ2n) is 10.4. The zero-order valence-corrected chi connectivity index (χ0v) is 20.3. The summed E-state index contributed by atoms with van der Waals surface area (Å²) < 4.78 is 14.0. The van der Waals surface area contributed by atoms with E-state index in [1.807, 2.05) is 48.3 Å². The zero-order chi connectivity index (χ0) is 23.4. The average molecular weight is 452 g/mol. The van der Waals surface area contributed by atoms with Gasteiger partial charge in [-0.2, -0.15) is 0 Å². The molecule has 1 saturated heterocycles. The summed E-state index contributed by atoms with van der Waals surface area (Å²) in [7, 11) is 1.90. The van der Waals surface area contributed by atoms with Crippen LogP contribution in [0.2, 0.25) is 0 Å². The molecule has 1 amide bonds. The molecule has 2 heterocycles. The summed E-state index contributed by atoms with van der Waals surface area (Å²) in [6.45, 7) is 8.26. The van der Waals surface area contributed by atoms with Crippen molar-refractivity contribution in [1.29, 1.82) is 0 Å². The number of hydrogen-bond acceptors (Lipinski definition) is 3. The number of carbonyl (C=O) groups is 1. The van der Waals surface area contributed by atoms with Crippen molar-refractivity contribution in [2.45, 2.75) is 65.0 Å². The van der Waals surface area contributed by atoms with E-state index in [0.29, 0.717) is 13.0 Å². The van der Waals surface area contributed by atoms with E-state index in [0.717, 1.165) is 54.8 Å². The second-order valence-corrected chi connectivity index (χ2v) is 10.4. The first-order valence-corrected chi connectivity index (χ1v) is 12.1. The molecule has 1 aliphatic rings. The Morgan fingerprint density at radius 2 is 2.00 bits per heavy atom. The van der Waals surface area contributed by atoms with E-state index < -0.39 is 0 Å². The molecule has 0 saturated carbocycles. The SMILES string of the molecule is CN(C[C@@H]1CCCO1)C(=O)CC[C@@H](CC(C)(C)C)n1[nH]c2ccc(Oc3ccccc3)cc21. The Hall–Kier alpha value is -2.73. The van der Waals surface area contributed by atoms with Crippen LogP contribution in [0, 0.1) is 5.41 Å². The van der Waals surface area contributed by atoms with Crippen LogP contribution < -0.4 is 4.74 Å².